The number of ether oxygens (including phenoxy) is 2. The van der Waals surface area contributed by atoms with E-state index in [-0.39, 0.29) is 35.5 Å². The van der Waals surface area contributed by atoms with Crippen LogP contribution in [0.15, 0.2) is 12.2 Å². The summed E-state index contributed by atoms with van der Waals surface area (Å²) in [5, 5.41) is 3.03. The normalized spacial score (nSPS) is 33.5. The molecule has 0 aromatic heterocycles. The number of nitrogens with zero attached hydrogens (tertiary/aromatic N) is 1. The van der Waals surface area contributed by atoms with Crippen LogP contribution in [0.5, 0.6) is 0 Å². The quantitative estimate of drug-likeness (QED) is 0.431. The number of carbonyl (C=O) groups is 4. The summed E-state index contributed by atoms with van der Waals surface area (Å²) in [5.41, 5.74) is -1.83. The highest BCUT2D eigenvalue weighted by Crippen LogP contribution is 2.50. The molecule has 1 heterocycles. The molecule has 0 bridgehead atoms. The molecule has 3 aliphatic rings. The fourth-order valence-electron chi connectivity index (χ4n) is 5.80. The molecule has 0 aromatic rings. The van der Waals surface area contributed by atoms with Gasteiger partial charge in [0.15, 0.2) is 5.78 Å². The predicted molar refractivity (Wildman–Crippen MR) is 141 cm³/mol. The van der Waals surface area contributed by atoms with Crippen LogP contribution in [0.3, 0.4) is 0 Å². The van der Waals surface area contributed by atoms with Gasteiger partial charge in [-0.05, 0) is 77.6 Å². The zero-order valence-electron chi connectivity index (χ0n) is 23.9. The van der Waals surface area contributed by atoms with E-state index in [1.165, 1.54) is 4.90 Å². The molecule has 0 saturated heterocycles. The Balaban J connectivity index is 1.96. The third-order valence-corrected chi connectivity index (χ3v) is 8.18. The number of nitrogens with one attached hydrogen (secondary N) is 1. The molecule has 208 valence electrons. The first-order valence-corrected chi connectivity index (χ1v) is 13.8. The van der Waals surface area contributed by atoms with Gasteiger partial charge in [-0.1, -0.05) is 32.9 Å². The van der Waals surface area contributed by atoms with Crippen molar-refractivity contribution in [1.29, 1.82) is 0 Å². The molecule has 1 aliphatic heterocycles. The maximum absolute atomic E-state index is 14.1. The van der Waals surface area contributed by atoms with Crippen molar-refractivity contribution in [3.05, 3.63) is 12.2 Å². The maximum Gasteiger partial charge on any atom is 0.410 e. The third-order valence-electron chi connectivity index (χ3n) is 8.18. The van der Waals surface area contributed by atoms with Crippen LogP contribution >= 0.6 is 0 Å². The molecule has 3 rings (SSSR count). The minimum absolute atomic E-state index is 0.0881. The Bertz CT molecular complexity index is 930. The number of rotatable bonds is 3. The Kier molecular flexibility index (Phi) is 8.50. The summed E-state index contributed by atoms with van der Waals surface area (Å²) in [6.45, 7) is 13.8. The van der Waals surface area contributed by atoms with Crippen molar-refractivity contribution in [1.82, 2.24) is 10.2 Å². The molecule has 8 nitrogen and oxygen atoms in total. The standard InChI is InChI=1S/C29H46N2O6/c1-9-36-25(34)29-17-18(29)13-11-10-12-14-22(31(8)26(35)37-28(5,6)7)23(32)20-15-19(27(2,3)4)16-21(20)24(33)30-29/h11,13,18-22H,9-10,12,14-17H2,1-8H3,(H,30,33)/b13-11-. The van der Waals surface area contributed by atoms with Crippen LogP contribution in [0, 0.1) is 29.1 Å². The minimum Gasteiger partial charge on any atom is -0.464 e. The lowest BCUT2D eigenvalue weighted by Gasteiger charge is -2.32. The third kappa shape index (κ3) is 6.55. The molecule has 0 radical (unpaired) electrons. The number of esters is 1. The number of hydrogen-bond acceptors (Lipinski definition) is 6. The number of hydrogen-bond donors (Lipinski definition) is 1. The van der Waals surface area contributed by atoms with Crippen LogP contribution in [0.25, 0.3) is 0 Å². The minimum atomic E-state index is -1.06. The van der Waals surface area contributed by atoms with Gasteiger partial charge < -0.3 is 19.7 Å². The van der Waals surface area contributed by atoms with Gasteiger partial charge in [-0.25, -0.2) is 9.59 Å². The first-order chi connectivity index (χ1) is 17.1. The topological polar surface area (TPSA) is 102 Å². The summed E-state index contributed by atoms with van der Waals surface area (Å²) in [7, 11) is 1.61. The van der Waals surface area contributed by atoms with E-state index in [0.29, 0.717) is 38.5 Å². The average molecular weight is 519 g/mol. The number of fused-ring (bicyclic) bond motifs is 2. The summed E-state index contributed by atoms with van der Waals surface area (Å²) in [4.78, 5) is 55.2. The molecule has 0 aromatic carbocycles. The number of allylic oxidation sites excluding steroid dienone is 1. The molecule has 37 heavy (non-hydrogen) atoms. The summed E-state index contributed by atoms with van der Waals surface area (Å²) in [6, 6.07) is -0.684. The molecular weight excluding hydrogens is 472 g/mol. The smallest absolute Gasteiger partial charge is 0.410 e. The fraction of sp³-hybridized carbons (Fsp3) is 0.793. The monoisotopic (exact) mass is 518 g/mol. The van der Waals surface area contributed by atoms with Gasteiger partial charge in [-0.2, -0.15) is 0 Å². The SMILES string of the molecule is CCOC(=O)C12CC1/C=C\CCCC(N(C)C(=O)OC(C)(C)C)C(=O)C1CC(C(C)(C)C)CC1C(=O)N2. The van der Waals surface area contributed by atoms with Gasteiger partial charge in [0.2, 0.25) is 5.91 Å². The van der Waals surface area contributed by atoms with E-state index in [9.17, 15) is 19.2 Å². The van der Waals surface area contributed by atoms with Gasteiger partial charge in [0, 0.05) is 24.8 Å². The van der Waals surface area contributed by atoms with Crippen molar-refractivity contribution in [3.8, 4) is 0 Å². The molecule has 2 fully saturated rings. The summed E-state index contributed by atoms with van der Waals surface area (Å²) in [6.07, 6.45) is 6.97. The lowest BCUT2D eigenvalue weighted by molar-refractivity contribution is -0.150. The Morgan fingerprint density at radius 1 is 1.11 bits per heavy atom. The lowest BCUT2D eigenvalue weighted by atomic mass is 9.79. The number of carbonyl (C=O) groups excluding carboxylic acids is 4. The van der Waals surface area contributed by atoms with Crippen LogP contribution in [-0.2, 0) is 23.9 Å². The van der Waals surface area contributed by atoms with Crippen LogP contribution in [0.1, 0.15) is 87.0 Å². The van der Waals surface area contributed by atoms with Gasteiger partial charge in [0.05, 0.1) is 12.6 Å². The molecule has 0 spiro atoms. The first kappa shape index (κ1) is 29.2. The van der Waals surface area contributed by atoms with Crippen LogP contribution in [0.2, 0.25) is 0 Å². The number of Topliss-reactive ketones (excluding diaryl/α,β-unsaturated/α-hetero) is 1. The number of ketones is 1. The molecule has 2 aliphatic carbocycles. The van der Waals surface area contributed by atoms with Gasteiger partial charge in [0.1, 0.15) is 11.1 Å². The van der Waals surface area contributed by atoms with Gasteiger partial charge in [-0.15, -0.1) is 0 Å². The fourth-order valence-corrected chi connectivity index (χ4v) is 5.80. The van der Waals surface area contributed by atoms with Crippen LogP contribution in [-0.4, -0.2) is 59.5 Å². The Labute approximate surface area is 221 Å². The maximum atomic E-state index is 14.1. The van der Waals surface area contributed by atoms with E-state index in [1.54, 1.807) is 34.7 Å². The lowest BCUT2D eigenvalue weighted by Crippen LogP contribution is -2.51. The highest BCUT2D eigenvalue weighted by molar-refractivity contribution is 5.97. The highest BCUT2D eigenvalue weighted by Gasteiger charge is 2.62. The van der Waals surface area contributed by atoms with E-state index >= 15 is 0 Å². The zero-order valence-corrected chi connectivity index (χ0v) is 23.9. The number of likely N-dealkylation sites (N-methyl/N-ethyl adjacent to an activating group) is 1. The second-order valence-electron chi connectivity index (χ2n) is 13.1. The van der Waals surface area contributed by atoms with Crippen LogP contribution < -0.4 is 5.32 Å². The first-order valence-electron chi connectivity index (χ1n) is 13.8. The highest BCUT2D eigenvalue weighted by atomic mass is 16.6. The predicted octanol–water partition coefficient (Wildman–Crippen LogP) is 4.66. The van der Waals surface area contributed by atoms with Crippen molar-refractivity contribution >= 4 is 23.8 Å². The van der Waals surface area contributed by atoms with Crippen LogP contribution in [0.4, 0.5) is 4.79 Å². The Morgan fingerprint density at radius 2 is 1.76 bits per heavy atom. The van der Waals surface area contributed by atoms with Crippen molar-refractivity contribution in [2.24, 2.45) is 29.1 Å². The Morgan fingerprint density at radius 3 is 2.35 bits per heavy atom. The van der Waals surface area contributed by atoms with Crippen molar-refractivity contribution < 1.29 is 28.7 Å². The molecule has 1 N–H and O–H groups in total. The van der Waals surface area contributed by atoms with Crippen molar-refractivity contribution in [3.63, 3.8) is 0 Å². The second-order valence-corrected chi connectivity index (χ2v) is 13.1. The average Bonchev–Trinajstić information content (AvgIpc) is 3.26. The van der Waals surface area contributed by atoms with Crippen molar-refractivity contribution in [2.45, 2.75) is 104 Å². The Hall–Kier alpha value is -2.38. The summed E-state index contributed by atoms with van der Waals surface area (Å²) < 4.78 is 10.9. The van der Waals surface area contributed by atoms with Crippen molar-refractivity contribution in [2.75, 3.05) is 13.7 Å². The largest absolute Gasteiger partial charge is 0.464 e. The molecule has 2 saturated carbocycles. The summed E-state index contributed by atoms with van der Waals surface area (Å²) in [5.74, 6) is -1.85. The molecule has 6 atom stereocenters. The molecule has 6 unspecified atom stereocenters. The zero-order chi connectivity index (χ0) is 27.8. The molecular formula is C29H46N2O6. The van der Waals surface area contributed by atoms with E-state index < -0.39 is 41.1 Å². The van der Waals surface area contributed by atoms with Gasteiger partial charge in [0.25, 0.3) is 0 Å². The second kappa shape index (κ2) is 10.8. The number of amides is 2. The van der Waals surface area contributed by atoms with E-state index in [2.05, 4.69) is 26.1 Å². The van der Waals surface area contributed by atoms with E-state index in [1.807, 2.05) is 12.2 Å². The molecule has 2 amide bonds. The molecule has 8 heteroatoms. The summed E-state index contributed by atoms with van der Waals surface area (Å²) >= 11 is 0. The van der Waals surface area contributed by atoms with Gasteiger partial charge >= 0.3 is 12.1 Å². The van der Waals surface area contributed by atoms with Gasteiger partial charge in [-0.3, -0.25) is 9.59 Å². The van der Waals surface area contributed by atoms with E-state index in [0.717, 1.165) is 0 Å². The van der Waals surface area contributed by atoms with E-state index in [4.69, 9.17) is 9.47 Å².